The number of likely N-dealkylation sites (N-methyl/N-ethyl adjacent to an activating group) is 1. The lowest BCUT2D eigenvalue weighted by molar-refractivity contribution is -0.123. The van der Waals surface area contributed by atoms with E-state index in [4.69, 9.17) is 0 Å². The Morgan fingerprint density at radius 1 is 1.23 bits per heavy atom. The number of pyridine rings is 1. The van der Waals surface area contributed by atoms with Crippen LogP contribution in [0.4, 0.5) is 0 Å². The lowest BCUT2D eigenvalue weighted by atomic mass is 10.1. The van der Waals surface area contributed by atoms with E-state index in [0.29, 0.717) is 8.58 Å². The van der Waals surface area contributed by atoms with E-state index in [1.165, 1.54) is 0 Å². The number of carbonyl (C=O) groups is 1. The first-order chi connectivity index (χ1) is 15.1. The number of allylic oxidation sites excluding steroid dienone is 1. The van der Waals surface area contributed by atoms with Crippen LogP contribution >= 0.6 is 8.58 Å². The van der Waals surface area contributed by atoms with Gasteiger partial charge in [0.25, 0.3) is 5.91 Å². The third-order valence-corrected chi connectivity index (χ3v) is 7.77. The zero-order valence-electron chi connectivity index (χ0n) is 18.0. The van der Waals surface area contributed by atoms with E-state index in [1.807, 2.05) is 40.9 Å². The quantitative estimate of drug-likeness (QED) is 0.745. The van der Waals surface area contributed by atoms with E-state index in [2.05, 4.69) is 33.9 Å². The first-order valence-corrected chi connectivity index (χ1v) is 11.9. The molecule has 0 bridgehead atoms. The summed E-state index contributed by atoms with van der Waals surface area (Å²) in [5, 5.41) is 10.8. The van der Waals surface area contributed by atoms with Crippen LogP contribution in [0.5, 0.6) is 0 Å². The molecule has 3 aliphatic rings. The van der Waals surface area contributed by atoms with Gasteiger partial charge in [-0.2, -0.15) is 0 Å². The van der Waals surface area contributed by atoms with Gasteiger partial charge in [-0.05, 0) is 36.5 Å². The third-order valence-electron chi connectivity index (χ3n) is 6.26. The molecule has 1 N–H and O–H groups in total. The third kappa shape index (κ3) is 3.82. The van der Waals surface area contributed by atoms with Gasteiger partial charge in [0.1, 0.15) is 5.65 Å². The molecule has 3 aliphatic heterocycles. The number of hydrogen-bond donors (Lipinski definition) is 1. The molecular formula is C23H28N5O2P. The van der Waals surface area contributed by atoms with Crippen molar-refractivity contribution in [2.24, 2.45) is 0 Å². The van der Waals surface area contributed by atoms with E-state index in [-0.39, 0.29) is 18.3 Å². The molecule has 0 aromatic carbocycles. The standard InChI is InChI=1S/C23H28N5O2P/c1-3-25-6-8-26(9-7-25)19-4-5-22-28(14-19)21(30)11-20(31-22)17-10-18(15-29)23-24-16(2)12-27(23)13-17/h4-5,10-14,22,29,31H,3,6-9,15H2,1-2H3. The Kier molecular flexibility index (Phi) is 5.42. The van der Waals surface area contributed by atoms with Gasteiger partial charge in [0.15, 0.2) is 0 Å². The lowest BCUT2D eigenvalue weighted by Gasteiger charge is -2.40. The van der Waals surface area contributed by atoms with Crippen molar-refractivity contribution in [3.63, 3.8) is 0 Å². The minimum absolute atomic E-state index is 0.0141. The van der Waals surface area contributed by atoms with Gasteiger partial charge in [0.2, 0.25) is 0 Å². The largest absolute Gasteiger partial charge is 0.392 e. The zero-order valence-corrected chi connectivity index (χ0v) is 19.0. The van der Waals surface area contributed by atoms with Gasteiger partial charge in [-0.3, -0.25) is 4.79 Å². The number of nitrogens with zero attached hydrogens (tertiary/aromatic N) is 5. The smallest absolute Gasteiger partial charge is 0.252 e. The maximum Gasteiger partial charge on any atom is 0.252 e. The van der Waals surface area contributed by atoms with Crippen LogP contribution in [0.15, 0.2) is 48.6 Å². The van der Waals surface area contributed by atoms with E-state index in [0.717, 1.165) is 66.2 Å². The normalized spacial score (nSPS) is 22.8. The number of carbonyl (C=O) groups excluding carboxylic acids is 1. The summed E-state index contributed by atoms with van der Waals surface area (Å²) in [6.07, 6.45) is 12.1. The molecule has 2 unspecified atom stereocenters. The number of imidazole rings is 1. The summed E-state index contributed by atoms with van der Waals surface area (Å²) < 4.78 is 1.95. The Bertz CT molecular complexity index is 1110. The molecule has 31 heavy (non-hydrogen) atoms. The summed E-state index contributed by atoms with van der Waals surface area (Å²) in [5.74, 6) is 0.0613. The first kappa shape index (κ1) is 20.4. The van der Waals surface area contributed by atoms with E-state index in [9.17, 15) is 9.90 Å². The predicted molar refractivity (Wildman–Crippen MR) is 124 cm³/mol. The highest BCUT2D eigenvalue weighted by molar-refractivity contribution is 7.51. The van der Waals surface area contributed by atoms with Crippen LogP contribution in [0.3, 0.4) is 0 Å². The fraction of sp³-hybridized carbons (Fsp3) is 0.391. The second-order valence-electron chi connectivity index (χ2n) is 8.25. The molecule has 162 valence electrons. The fourth-order valence-corrected chi connectivity index (χ4v) is 5.86. The number of amides is 1. The topological polar surface area (TPSA) is 64.3 Å². The number of aliphatic hydroxyl groups is 1. The molecule has 1 fully saturated rings. The Morgan fingerprint density at radius 3 is 2.77 bits per heavy atom. The number of piperazine rings is 1. The van der Waals surface area contributed by atoms with E-state index in [1.54, 1.807) is 6.08 Å². The minimum atomic E-state index is -0.0784. The average Bonchev–Trinajstić information content (AvgIpc) is 3.18. The lowest BCUT2D eigenvalue weighted by Crippen LogP contribution is -2.46. The number of rotatable bonds is 4. The van der Waals surface area contributed by atoms with Crippen molar-refractivity contribution in [2.75, 3.05) is 32.7 Å². The Hall–Kier alpha value is -2.47. The second-order valence-corrected chi connectivity index (χ2v) is 9.67. The van der Waals surface area contributed by atoms with Gasteiger partial charge in [-0.15, -0.1) is 0 Å². The number of fused-ring (bicyclic) bond motifs is 2. The van der Waals surface area contributed by atoms with Gasteiger partial charge in [0.05, 0.1) is 23.8 Å². The molecular weight excluding hydrogens is 409 g/mol. The van der Waals surface area contributed by atoms with Crippen LogP contribution in [0.2, 0.25) is 0 Å². The molecule has 2 aromatic rings. The van der Waals surface area contributed by atoms with Gasteiger partial charge in [0, 0.05) is 56.4 Å². The summed E-state index contributed by atoms with van der Waals surface area (Å²) in [6, 6.07) is 1.96. The SMILES string of the molecule is CCN1CCN(C2=CN3C(=O)C=C(c4cc(CO)c5nc(C)cn5c4)PC3C=C2)CC1. The second kappa shape index (κ2) is 8.23. The maximum absolute atomic E-state index is 13.0. The predicted octanol–water partition coefficient (Wildman–Crippen LogP) is 2.37. The van der Waals surface area contributed by atoms with Crippen molar-refractivity contribution >= 4 is 25.4 Å². The van der Waals surface area contributed by atoms with Crippen LogP contribution in [0, 0.1) is 6.92 Å². The molecule has 0 radical (unpaired) electrons. The van der Waals surface area contributed by atoms with E-state index < -0.39 is 0 Å². The molecule has 2 atom stereocenters. The van der Waals surface area contributed by atoms with Crippen molar-refractivity contribution in [3.05, 3.63) is 65.4 Å². The Labute approximate surface area is 184 Å². The van der Waals surface area contributed by atoms with Crippen LogP contribution in [-0.4, -0.2) is 73.6 Å². The van der Waals surface area contributed by atoms with Crippen molar-refractivity contribution < 1.29 is 9.90 Å². The summed E-state index contributed by atoms with van der Waals surface area (Å²) in [6.45, 7) is 9.27. The molecule has 2 aromatic heterocycles. The van der Waals surface area contributed by atoms with Crippen molar-refractivity contribution in [1.82, 2.24) is 24.1 Å². The molecule has 7 nitrogen and oxygen atoms in total. The molecule has 5 heterocycles. The molecule has 0 saturated carbocycles. The van der Waals surface area contributed by atoms with Gasteiger partial charge >= 0.3 is 0 Å². The Morgan fingerprint density at radius 2 is 2.03 bits per heavy atom. The fourth-order valence-electron chi connectivity index (χ4n) is 4.50. The molecule has 1 amide bonds. The van der Waals surface area contributed by atoms with Crippen LogP contribution in [0.1, 0.15) is 23.7 Å². The first-order valence-electron chi connectivity index (χ1n) is 10.8. The van der Waals surface area contributed by atoms with Crippen LogP contribution in [-0.2, 0) is 11.4 Å². The molecule has 8 heteroatoms. The molecule has 1 saturated heterocycles. The van der Waals surface area contributed by atoms with E-state index >= 15 is 0 Å². The van der Waals surface area contributed by atoms with Gasteiger partial charge in [-0.1, -0.05) is 21.6 Å². The number of aliphatic hydroxyl groups excluding tert-OH is 1. The van der Waals surface area contributed by atoms with Gasteiger partial charge < -0.3 is 24.2 Å². The Balaban J connectivity index is 1.40. The molecule has 0 spiro atoms. The summed E-state index contributed by atoms with van der Waals surface area (Å²) >= 11 is 0. The van der Waals surface area contributed by atoms with Crippen LogP contribution < -0.4 is 0 Å². The minimum Gasteiger partial charge on any atom is -0.392 e. The number of aromatic nitrogens is 2. The highest BCUT2D eigenvalue weighted by Crippen LogP contribution is 2.45. The van der Waals surface area contributed by atoms with Crippen molar-refractivity contribution in [2.45, 2.75) is 26.2 Å². The number of hydrogen-bond acceptors (Lipinski definition) is 5. The van der Waals surface area contributed by atoms with Crippen LogP contribution in [0.25, 0.3) is 11.0 Å². The van der Waals surface area contributed by atoms with Gasteiger partial charge in [-0.25, -0.2) is 4.98 Å². The van der Waals surface area contributed by atoms with Crippen molar-refractivity contribution in [3.8, 4) is 0 Å². The number of aryl methyl sites for hydroxylation is 1. The summed E-state index contributed by atoms with van der Waals surface area (Å²) in [7, 11) is 0.449. The molecule has 5 rings (SSSR count). The summed E-state index contributed by atoms with van der Waals surface area (Å²) in [4.78, 5) is 24.2. The summed E-state index contributed by atoms with van der Waals surface area (Å²) in [5.41, 5.74) is 4.55. The zero-order chi connectivity index (χ0) is 21.5. The monoisotopic (exact) mass is 437 g/mol. The average molecular weight is 437 g/mol. The molecule has 0 aliphatic carbocycles. The highest BCUT2D eigenvalue weighted by Gasteiger charge is 2.30. The maximum atomic E-state index is 13.0. The van der Waals surface area contributed by atoms with Crippen molar-refractivity contribution in [1.29, 1.82) is 0 Å². The highest BCUT2D eigenvalue weighted by atomic mass is 31.1.